The molecule has 1 aromatic heterocycles. The predicted molar refractivity (Wildman–Crippen MR) is 91.5 cm³/mol. The van der Waals surface area contributed by atoms with E-state index in [2.05, 4.69) is 9.88 Å². The lowest BCUT2D eigenvalue weighted by molar-refractivity contribution is -0.116. The zero-order chi connectivity index (χ0) is 15.8. The first-order valence-corrected chi connectivity index (χ1v) is 8.02. The van der Waals surface area contributed by atoms with Crippen LogP contribution in [0, 0.1) is 6.92 Å². The number of fused-ring (bicyclic) bond motifs is 1. The minimum Gasteiger partial charge on any atom is -0.325 e. The van der Waals surface area contributed by atoms with Gasteiger partial charge in [0.1, 0.15) is 12.4 Å². The van der Waals surface area contributed by atoms with Gasteiger partial charge in [0.05, 0.1) is 11.0 Å². The molecule has 1 fully saturated rings. The molecule has 0 bridgehead atoms. The Labute approximate surface area is 135 Å². The predicted octanol–water partition coefficient (Wildman–Crippen LogP) is 3.86. The summed E-state index contributed by atoms with van der Waals surface area (Å²) in [5.74, 6) is 1.54. The van der Waals surface area contributed by atoms with Crippen LogP contribution in [0.15, 0.2) is 48.5 Å². The second kappa shape index (κ2) is 5.54. The molecule has 0 unspecified atom stereocenters. The van der Waals surface area contributed by atoms with E-state index in [1.54, 1.807) is 0 Å². The van der Waals surface area contributed by atoms with E-state index < -0.39 is 0 Å². The normalized spacial score (nSPS) is 14.1. The summed E-state index contributed by atoms with van der Waals surface area (Å²) in [6, 6.07) is 15.9. The number of benzene rings is 2. The molecule has 1 aliphatic carbocycles. The van der Waals surface area contributed by atoms with Crippen LogP contribution in [0.4, 0.5) is 5.69 Å². The van der Waals surface area contributed by atoms with Crippen molar-refractivity contribution >= 4 is 22.6 Å². The molecule has 1 heterocycles. The van der Waals surface area contributed by atoms with Gasteiger partial charge in [-0.1, -0.05) is 24.3 Å². The van der Waals surface area contributed by atoms with E-state index in [-0.39, 0.29) is 5.91 Å². The Morgan fingerprint density at radius 3 is 2.83 bits per heavy atom. The third kappa shape index (κ3) is 2.84. The maximum Gasteiger partial charge on any atom is 0.244 e. The lowest BCUT2D eigenvalue weighted by atomic mass is 10.2. The third-order valence-corrected chi connectivity index (χ3v) is 4.23. The van der Waals surface area contributed by atoms with Gasteiger partial charge in [0.25, 0.3) is 0 Å². The maximum absolute atomic E-state index is 12.5. The molecule has 3 aromatic rings. The number of rotatable bonds is 4. The van der Waals surface area contributed by atoms with Crippen molar-refractivity contribution in [2.75, 3.05) is 5.32 Å². The number of nitrogens with one attached hydrogen (secondary N) is 1. The van der Waals surface area contributed by atoms with Crippen LogP contribution in [0.3, 0.4) is 0 Å². The highest BCUT2D eigenvalue weighted by atomic mass is 16.1. The molecule has 4 nitrogen and oxygen atoms in total. The molecule has 1 saturated carbocycles. The van der Waals surface area contributed by atoms with Crippen molar-refractivity contribution in [3.63, 3.8) is 0 Å². The van der Waals surface area contributed by atoms with E-state index in [0.29, 0.717) is 12.5 Å². The van der Waals surface area contributed by atoms with Crippen molar-refractivity contribution in [1.29, 1.82) is 0 Å². The summed E-state index contributed by atoms with van der Waals surface area (Å²) >= 11 is 0. The number of carbonyl (C=O) groups excluding carboxylic acids is 1. The average molecular weight is 305 g/mol. The molecule has 1 aliphatic rings. The van der Waals surface area contributed by atoms with Crippen molar-refractivity contribution < 1.29 is 4.79 Å². The largest absolute Gasteiger partial charge is 0.325 e. The van der Waals surface area contributed by atoms with Gasteiger partial charge in [-0.25, -0.2) is 4.98 Å². The van der Waals surface area contributed by atoms with Crippen molar-refractivity contribution in [1.82, 2.24) is 9.55 Å². The smallest absolute Gasteiger partial charge is 0.244 e. The van der Waals surface area contributed by atoms with E-state index in [0.717, 1.165) is 28.1 Å². The number of nitrogens with zero attached hydrogens (tertiary/aromatic N) is 2. The number of aryl methyl sites for hydroxylation is 1. The molecular formula is C19H19N3O. The Kier molecular flexibility index (Phi) is 3.37. The van der Waals surface area contributed by atoms with Crippen LogP contribution < -0.4 is 5.32 Å². The zero-order valence-electron chi connectivity index (χ0n) is 13.1. The van der Waals surface area contributed by atoms with Gasteiger partial charge in [-0.3, -0.25) is 4.79 Å². The standard InChI is InChI=1S/C19H19N3O/c1-13-5-4-6-15(11-13)20-18(23)12-22-17-8-3-2-7-16(17)21-19(22)14-9-10-14/h2-8,11,14H,9-10,12H2,1H3,(H,20,23). The fourth-order valence-electron chi connectivity index (χ4n) is 2.98. The molecule has 0 atom stereocenters. The van der Waals surface area contributed by atoms with Crippen LogP contribution in [0.5, 0.6) is 0 Å². The molecule has 0 radical (unpaired) electrons. The highest BCUT2D eigenvalue weighted by Crippen LogP contribution is 2.40. The van der Waals surface area contributed by atoms with E-state index in [9.17, 15) is 4.79 Å². The molecule has 0 saturated heterocycles. The number of anilines is 1. The fraction of sp³-hybridized carbons (Fsp3) is 0.263. The molecule has 0 spiro atoms. The minimum absolute atomic E-state index is 0.0133. The summed E-state index contributed by atoms with van der Waals surface area (Å²) < 4.78 is 2.07. The molecule has 116 valence electrons. The van der Waals surface area contributed by atoms with Crippen molar-refractivity contribution in [3.05, 3.63) is 59.9 Å². The number of hydrogen-bond donors (Lipinski definition) is 1. The number of carbonyl (C=O) groups is 1. The lowest BCUT2D eigenvalue weighted by Gasteiger charge is -2.10. The quantitative estimate of drug-likeness (QED) is 0.795. The Hall–Kier alpha value is -2.62. The van der Waals surface area contributed by atoms with Gasteiger partial charge in [-0.2, -0.15) is 0 Å². The van der Waals surface area contributed by atoms with E-state index >= 15 is 0 Å². The average Bonchev–Trinajstić information content (AvgIpc) is 3.31. The van der Waals surface area contributed by atoms with Crippen LogP contribution >= 0.6 is 0 Å². The van der Waals surface area contributed by atoms with Crippen LogP contribution in [0.1, 0.15) is 30.1 Å². The minimum atomic E-state index is -0.0133. The Morgan fingerprint density at radius 1 is 1.22 bits per heavy atom. The third-order valence-electron chi connectivity index (χ3n) is 4.23. The number of imidazole rings is 1. The summed E-state index contributed by atoms with van der Waals surface area (Å²) in [4.78, 5) is 17.2. The molecule has 0 aliphatic heterocycles. The monoisotopic (exact) mass is 305 g/mol. The summed E-state index contributed by atoms with van der Waals surface area (Å²) in [6.07, 6.45) is 2.34. The van der Waals surface area contributed by atoms with Gasteiger partial charge in [-0.15, -0.1) is 0 Å². The zero-order valence-corrected chi connectivity index (χ0v) is 13.1. The SMILES string of the molecule is Cc1cccc(NC(=O)Cn2c(C3CC3)nc3ccccc32)c1. The van der Waals surface area contributed by atoms with Crippen molar-refractivity contribution in [2.45, 2.75) is 32.2 Å². The molecule has 23 heavy (non-hydrogen) atoms. The molecule has 1 N–H and O–H groups in total. The summed E-state index contributed by atoms with van der Waals surface area (Å²) in [7, 11) is 0. The first-order valence-electron chi connectivity index (χ1n) is 8.02. The molecular weight excluding hydrogens is 286 g/mol. The van der Waals surface area contributed by atoms with Crippen LogP contribution in [-0.4, -0.2) is 15.5 Å². The van der Waals surface area contributed by atoms with E-state index in [1.165, 1.54) is 12.8 Å². The summed E-state index contributed by atoms with van der Waals surface area (Å²) in [5.41, 5.74) is 3.98. The van der Waals surface area contributed by atoms with Crippen LogP contribution in [0.2, 0.25) is 0 Å². The van der Waals surface area contributed by atoms with Crippen LogP contribution in [-0.2, 0) is 11.3 Å². The van der Waals surface area contributed by atoms with Gasteiger partial charge in [0.2, 0.25) is 5.91 Å². The van der Waals surface area contributed by atoms with Crippen molar-refractivity contribution in [3.8, 4) is 0 Å². The topological polar surface area (TPSA) is 46.9 Å². The van der Waals surface area contributed by atoms with Gasteiger partial charge >= 0.3 is 0 Å². The molecule has 4 heteroatoms. The maximum atomic E-state index is 12.5. The van der Waals surface area contributed by atoms with Gasteiger partial charge < -0.3 is 9.88 Å². The second-order valence-electron chi connectivity index (χ2n) is 6.24. The van der Waals surface area contributed by atoms with Gasteiger partial charge in [-0.05, 0) is 49.6 Å². The molecule has 2 aromatic carbocycles. The molecule has 1 amide bonds. The number of para-hydroxylation sites is 2. The van der Waals surface area contributed by atoms with E-state index in [4.69, 9.17) is 4.98 Å². The Morgan fingerprint density at radius 2 is 2.04 bits per heavy atom. The Balaban J connectivity index is 1.61. The van der Waals surface area contributed by atoms with Gasteiger partial charge in [0, 0.05) is 11.6 Å². The van der Waals surface area contributed by atoms with Crippen LogP contribution in [0.25, 0.3) is 11.0 Å². The first-order chi connectivity index (χ1) is 11.2. The van der Waals surface area contributed by atoms with Gasteiger partial charge in [0.15, 0.2) is 0 Å². The number of amides is 1. The highest BCUT2D eigenvalue weighted by molar-refractivity contribution is 5.91. The van der Waals surface area contributed by atoms with Crippen molar-refractivity contribution in [2.24, 2.45) is 0 Å². The first kappa shape index (κ1) is 14.0. The molecule has 4 rings (SSSR count). The fourth-order valence-corrected chi connectivity index (χ4v) is 2.98. The number of aromatic nitrogens is 2. The second-order valence-corrected chi connectivity index (χ2v) is 6.24. The summed E-state index contributed by atoms with van der Waals surface area (Å²) in [5, 5.41) is 2.98. The lowest BCUT2D eigenvalue weighted by Crippen LogP contribution is -2.20. The Bertz CT molecular complexity index is 877. The van der Waals surface area contributed by atoms with E-state index in [1.807, 2.05) is 55.5 Å². The summed E-state index contributed by atoms with van der Waals surface area (Å²) in [6.45, 7) is 2.32. The number of hydrogen-bond acceptors (Lipinski definition) is 2. The highest BCUT2D eigenvalue weighted by Gasteiger charge is 2.30.